The van der Waals surface area contributed by atoms with Gasteiger partial charge >= 0.3 is 0 Å². The highest BCUT2D eigenvalue weighted by atomic mass is 16.5. The Morgan fingerprint density at radius 3 is 2.62 bits per heavy atom. The maximum Gasteiger partial charge on any atom is 0.0704 e. The van der Waals surface area contributed by atoms with E-state index < -0.39 is 0 Å². The lowest BCUT2D eigenvalue weighted by atomic mass is 9.80. The lowest BCUT2D eigenvalue weighted by molar-refractivity contribution is 0.117. The first-order valence-electron chi connectivity index (χ1n) is 8.44. The number of hydrazone groups is 1. The molecule has 1 aliphatic heterocycles. The zero-order valence-corrected chi connectivity index (χ0v) is 13.1. The van der Waals surface area contributed by atoms with Crippen LogP contribution in [-0.4, -0.2) is 37.0 Å². The monoisotopic (exact) mass is 287 g/mol. The molecule has 21 heavy (non-hydrogen) atoms. The molecule has 0 aromatic rings. The number of nitrogens with zero attached hydrogens (tertiary/aromatic N) is 2. The first-order valence-corrected chi connectivity index (χ1v) is 8.44. The van der Waals surface area contributed by atoms with Crippen LogP contribution in [0.3, 0.4) is 0 Å². The molecule has 115 valence electrons. The molecule has 0 bridgehead atoms. The van der Waals surface area contributed by atoms with Crippen LogP contribution in [0.2, 0.25) is 0 Å². The van der Waals surface area contributed by atoms with Crippen LogP contribution in [0, 0.1) is 37.5 Å². The summed E-state index contributed by atoms with van der Waals surface area (Å²) in [6.07, 6.45) is 17.8. The van der Waals surface area contributed by atoms with Crippen LogP contribution in [0.25, 0.3) is 0 Å². The second-order valence-corrected chi connectivity index (χ2v) is 6.41. The van der Waals surface area contributed by atoms with Gasteiger partial charge in [0.1, 0.15) is 0 Å². The Kier molecular flexibility index (Phi) is 5.56. The molecule has 1 saturated heterocycles. The highest BCUT2D eigenvalue weighted by Gasteiger charge is 2.32. The lowest BCUT2D eigenvalue weighted by Gasteiger charge is -2.30. The first-order chi connectivity index (χ1) is 10.4. The van der Waals surface area contributed by atoms with E-state index in [1.165, 1.54) is 56.6 Å². The fourth-order valence-corrected chi connectivity index (χ4v) is 3.75. The van der Waals surface area contributed by atoms with Crippen molar-refractivity contribution in [2.75, 3.05) is 20.3 Å². The smallest absolute Gasteiger partial charge is 0.0704 e. The minimum atomic E-state index is 0.462. The molecule has 2 saturated carbocycles. The Hall–Kier alpha value is -0.570. The van der Waals surface area contributed by atoms with Gasteiger partial charge in [-0.2, -0.15) is 5.10 Å². The zero-order valence-electron chi connectivity index (χ0n) is 13.1. The molecular weight excluding hydrogens is 260 g/mol. The quantitative estimate of drug-likeness (QED) is 0.724. The van der Waals surface area contributed by atoms with Crippen molar-refractivity contribution in [3.8, 4) is 0 Å². The molecule has 3 fully saturated rings. The molecule has 1 heterocycles. The highest BCUT2D eigenvalue weighted by Crippen LogP contribution is 2.35. The average Bonchev–Trinajstić information content (AvgIpc) is 3.18. The molecule has 0 aromatic carbocycles. The van der Waals surface area contributed by atoms with Gasteiger partial charge in [0.25, 0.3) is 0 Å². The van der Waals surface area contributed by atoms with E-state index in [4.69, 9.17) is 9.84 Å². The molecule has 3 aliphatic rings. The van der Waals surface area contributed by atoms with Gasteiger partial charge in [-0.25, -0.2) is 0 Å². The van der Waals surface area contributed by atoms with Crippen LogP contribution in [0.15, 0.2) is 5.10 Å². The molecule has 3 heteroatoms. The van der Waals surface area contributed by atoms with E-state index in [2.05, 4.69) is 30.7 Å². The van der Waals surface area contributed by atoms with Gasteiger partial charge < -0.3 is 4.74 Å². The third kappa shape index (κ3) is 3.80. The summed E-state index contributed by atoms with van der Waals surface area (Å²) >= 11 is 0. The maximum absolute atomic E-state index is 5.36. The van der Waals surface area contributed by atoms with Crippen molar-refractivity contribution in [3.63, 3.8) is 0 Å². The molecule has 0 N–H and O–H groups in total. The lowest BCUT2D eigenvalue weighted by Crippen LogP contribution is -2.33. The van der Waals surface area contributed by atoms with Gasteiger partial charge in [-0.05, 0) is 57.3 Å². The number of ether oxygens (including phenoxy) is 1. The predicted octanol–water partition coefficient (Wildman–Crippen LogP) is 3.44. The zero-order chi connectivity index (χ0) is 14.5. The third-order valence-electron chi connectivity index (χ3n) is 4.89. The van der Waals surface area contributed by atoms with E-state index in [1.54, 1.807) is 7.11 Å². The summed E-state index contributed by atoms with van der Waals surface area (Å²) in [5.74, 6) is 1.97. The van der Waals surface area contributed by atoms with Crippen molar-refractivity contribution in [3.05, 3.63) is 31.6 Å². The maximum atomic E-state index is 5.36. The van der Waals surface area contributed by atoms with Crippen LogP contribution >= 0.6 is 0 Å². The summed E-state index contributed by atoms with van der Waals surface area (Å²) in [6.45, 7) is 1.87. The first kappa shape index (κ1) is 15.3. The minimum Gasteiger partial charge on any atom is -0.382 e. The normalized spacial score (nSPS) is 29.5. The van der Waals surface area contributed by atoms with E-state index in [0.717, 1.165) is 13.2 Å². The van der Waals surface area contributed by atoms with Gasteiger partial charge in [-0.15, -0.1) is 0 Å². The highest BCUT2D eigenvalue weighted by molar-refractivity contribution is 6.03. The van der Waals surface area contributed by atoms with Gasteiger partial charge in [0.15, 0.2) is 0 Å². The number of hydrogen-bond donors (Lipinski definition) is 0. The molecular formula is C18H27N2O. The molecule has 3 rings (SSSR count). The van der Waals surface area contributed by atoms with Crippen LogP contribution in [-0.2, 0) is 4.74 Å². The summed E-state index contributed by atoms with van der Waals surface area (Å²) in [5, 5.41) is 7.40. The summed E-state index contributed by atoms with van der Waals surface area (Å²) in [6, 6.07) is 0.462. The number of hydrogen-bond acceptors (Lipinski definition) is 3. The summed E-state index contributed by atoms with van der Waals surface area (Å²) in [4.78, 5) is 0. The van der Waals surface area contributed by atoms with E-state index in [-0.39, 0.29) is 0 Å². The van der Waals surface area contributed by atoms with Gasteiger partial charge in [0.05, 0.1) is 12.6 Å². The SMILES string of the molecule is COC[C@@H]1CCCN1/N=C(\[C]1[CH][CH][CH][CH]1)C1CCCCC1. The van der Waals surface area contributed by atoms with Crippen LogP contribution in [0.4, 0.5) is 0 Å². The molecule has 0 spiro atoms. The molecule has 0 unspecified atom stereocenters. The van der Waals surface area contributed by atoms with Crippen molar-refractivity contribution >= 4 is 5.71 Å². The van der Waals surface area contributed by atoms with Crippen molar-refractivity contribution in [2.24, 2.45) is 11.0 Å². The van der Waals surface area contributed by atoms with Crippen LogP contribution in [0.5, 0.6) is 0 Å². The van der Waals surface area contributed by atoms with E-state index in [9.17, 15) is 0 Å². The fourth-order valence-electron chi connectivity index (χ4n) is 3.75. The van der Waals surface area contributed by atoms with Crippen LogP contribution in [0.1, 0.15) is 44.9 Å². The van der Waals surface area contributed by atoms with E-state index in [0.29, 0.717) is 12.0 Å². The fraction of sp³-hybridized carbons (Fsp3) is 0.667. The minimum absolute atomic E-state index is 0.462. The molecule has 0 amide bonds. The molecule has 2 aliphatic carbocycles. The van der Waals surface area contributed by atoms with Crippen molar-refractivity contribution in [2.45, 2.75) is 51.0 Å². The van der Waals surface area contributed by atoms with Gasteiger partial charge in [-0.1, -0.05) is 19.3 Å². The Labute approximate surface area is 130 Å². The standard InChI is InChI=1S/C18H27N2O/c1-21-14-17-12-7-13-20(17)19-18(16-10-5-6-11-16)15-8-3-2-4-9-15/h5-6,10-11,15,17H,2-4,7-9,12-14H2,1H3/b19-18-/t17-/m0/s1. The predicted molar refractivity (Wildman–Crippen MR) is 86.1 cm³/mol. The summed E-state index contributed by atoms with van der Waals surface area (Å²) < 4.78 is 5.36. The van der Waals surface area contributed by atoms with Gasteiger partial charge in [0.2, 0.25) is 0 Å². The second kappa shape index (κ2) is 7.62. The van der Waals surface area contributed by atoms with Crippen molar-refractivity contribution in [1.29, 1.82) is 0 Å². The van der Waals surface area contributed by atoms with Gasteiger partial charge in [0, 0.05) is 25.3 Å². The van der Waals surface area contributed by atoms with Crippen molar-refractivity contribution < 1.29 is 4.74 Å². The second-order valence-electron chi connectivity index (χ2n) is 6.41. The Balaban J connectivity index is 1.74. The molecule has 3 nitrogen and oxygen atoms in total. The molecule has 5 radical (unpaired) electrons. The molecule has 0 aromatic heterocycles. The van der Waals surface area contributed by atoms with Crippen molar-refractivity contribution in [1.82, 2.24) is 5.01 Å². The average molecular weight is 287 g/mol. The van der Waals surface area contributed by atoms with Gasteiger partial charge in [-0.3, -0.25) is 5.01 Å². The third-order valence-corrected chi connectivity index (χ3v) is 4.89. The Bertz CT molecular complexity index is 343. The number of methoxy groups -OCH3 is 1. The Morgan fingerprint density at radius 1 is 1.14 bits per heavy atom. The number of rotatable bonds is 5. The topological polar surface area (TPSA) is 24.8 Å². The van der Waals surface area contributed by atoms with E-state index in [1.807, 2.05) is 0 Å². The largest absolute Gasteiger partial charge is 0.382 e. The van der Waals surface area contributed by atoms with Crippen LogP contribution < -0.4 is 0 Å². The summed E-state index contributed by atoms with van der Waals surface area (Å²) in [5.41, 5.74) is 1.32. The Morgan fingerprint density at radius 2 is 1.90 bits per heavy atom. The summed E-state index contributed by atoms with van der Waals surface area (Å²) in [7, 11) is 1.79. The van der Waals surface area contributed by atoms with E-state index >= 15 is 0 Å². The molecule has 1 atom stereocenters.